The standard InChI is InChI=1S/C37H47N9O3S/c1-49-26-17-15-24(16-18-26)34-33(27-19-22-40-36(42-27)41-25-9-2-3-10-25)29-11-8-13-31(46(29)45-34)38-20-6-7-21-39-32(47)14-5-4-12-30-35-28(23-50-30)43-37(48)44-35/h8,11,13,15-19,22,25,28,30,35,38H,2-7,9-10,12,14,20-21,23H2,1H3,(H,39,47)(H,40,41,42)(H2,43,44,48). The van der Waals surface area contributed by atoms with Crippen molar-refractivity contribution < 1.29 is 14.3 Å². The minimum absolute atomic E-state index is 0.0503. The Morgan fingerprint density at radius 1 is 1.02 bits per heavy atom. The van der Waals surface area contributed by atoms with E-state index in [9.17, 15) is 9.59 Å². The molecular formula is C37H47N9O3S. The summed E-state index contributed by atoms with van der Waals surface area (Å²) in [4.78, 5) is 33.5. The number of methoxy groups -OCH3 is 1. The molecule has 2 saturated heterocycles. The molecular weight excluding hydrogens is 651 g/mol. The first-order valence-electron chi connectivity index (χ1n) is 18.0. The number of pyridine rings is 1. The third-order valence-electron chi connectivity index (χ3n) is 9.93. The molecule has 13 heteroatoms. The number of nitrogens with one attached hydrogen (secondary N) is 5. The Labute approximate surface area is 297 Å². The summed E-state index contributed by atoms with van der Waals surface area (Å²) < 4.78 is 7.38. The molecule has 0 spiro atoms. The van der Waals surface area contributed by atoms with Gasteiger partial charge in [0.15, 0.2) is 0 Å². The highest BCUT2D eigenvalue weighted by Crippen LogP contribution is 2.37. The molecule has 4 aromatic rings. The summed E-state index contributed by atoms with van der Waals surface area (Å²) in [7, 11) is 1.67. The molecule has 3 atom stereocenters. The molecule has 264 valence electrons. The summed E-state index contributed by atoms with van der Waals surface area (Å²) in [6, 6.07) is 16.9. The molecule has 50 heavy (non-hydrogen) atoms. The largest absolute Gasteiger partial charge is 0.497 e. The molecule has 0 bridgehead atoms. The third-order valence-corrected chi connectivity index (χ3v) is 11.4. The Morgan fingerprint density at radius 3 is 2.70 bits per heavy atom. The maximum absolute atomic E-state index is 12.4. The van der Waals surface area contributed by atoms with Crippen molar-refractivity contribution in [2.45, 2.75) is 87.6 Å². The summed E-state index contributed by atoms with van der Waals surface area (Å²) in [6.45, 7) is 1.40. The Balaban J connectivity index is 0.940. The molecule has 1 aliphatic carbocycles. The van der Waals surface area contributed by atoms with Gasteiger partial charge in [0.1, 0.15) is 17.3 Å². The molecule has 7 rings (SSSR count). The van der Waals surface area contributed by atoms with Crippen LogP contribution < -0.4 is 31.3 Å². The molecule has 12 nitrogen and oxygen atoms in total. The van der Waals surface area contributed by atoms with Crippen LogP contribution in [0.5, 0.6) is 5.75 Å². The highest BCUT2D eigenvalue weighted by Gasteiger charge is 2.42. The number of rotatable bonds is 16. The average Bonchev–Trinajstić information content (AvgIpc) is 3.94. The van der Waals surface area contributed by atoms with E-state index in [0.717, 1.165) is 96.8 Å². The molecule has 1 saturated carbocycles. The molecule has 5 heterocycles. The van der Waals surface area contributed by atoms with Gasteiger partial charge in [-0.15, -0.1) is 0 Å². The lowest BCUT2D eigenvalue weighted by molar-refractivity contribution is -0.121. The maximum Gasteiger partial charge on any atom is 0.315 e. The second-order valence-electron chi connectivity index (χ2n) is 13.4. The maximum atomic E-state index is 12.4. The Kier molecular flexibility index (Phi) is 10.9. The van der Waals surface area contributed by atoms with Gasteiger partial charge in [-0.2, -0.15) is 16.9 Å². The number of hydrogen-bond donors (Lipinski definition) is 5. The number of benzene rings is 1. The van der Waals surface area contributed by atoms with E-state index in [4.69, 9.17) is 14.8 Å². The highest BCUT2D eigenvalue weighted by molar-refractivity contribution is 8.00. The number of amides is 3. The van der Waals surface area contributed by atoms with Crippen molar-refractivity contribution in [1.82, 2.24) is 35.5 Å². The first-order chi connectivity index (χ1) is 24.6. The second-order valence-corrected chi connectivity index (χ2v) is 14.7. The number of hydrogen-bond acceptors (Lipinski definition) is 9. The van der Waals surface area contributed by atoms with E-state index in [-0.39, 0.29) is 24.0 Å². The lowest BCUT2D eigenvalue weighted by Crippen LogP contribution is -2.36. The van der Waals surface area contributed by atoms with Gasteiger partial charge in [-0.25, -0.2) is 19.3 Å². The number of aromatic nitrogens is 4. The van der Waals surface area contributed by atoms with Gasteiger partial charge < -0.3 is 31.3 Å². The topological polar surface area (TPSA) is 147 Å². The first kappa shape index (κ1) is 34.0. The van der Waals surface area contributed by atoms with E-state index >= 15 is 0 Å². The number of carbonyl (C=O) groups is 2. The van der Waals surface area contributed by atoms with E-state index in [1.54, 1.807) is 7.11 Å². The average molecular weight is 698 g/mol. The van der Waals surface area contributed by atoms with Gasteiger partial charge in [-0.1, -0.05) is 25.3 Å². The molecule has 5 N–H and O–H groups in total. The summed E-state index contributed by atoms with van der Waals surface area (Å²) in [6.07, 6.45) is 11.8. The Bertz CT molecular complexity index is 1780. The second kappa shape index (κ2) is 16.0. The van der Waals surface area contributed by atoms with Gasteiger partial charge in [-0.05, 0) is 81.0 Å². The number of urea groups is 1. The molecule has 3 aliphatic rings. The van der Waals surface area contributed by atoms with Crippen LogP contribution in [0.4, 0.5) is 16.6 Å². The van der Waals surface area contributed by atoms with E-state index in [1.807, 2.05) is 64.9 Å². The molecule has 3 aromatic heterocycles. The number of unbranched alkanes of at least 4 members (excludes halogenated alkanes) is 2. The number of anilines is 2. The van der Waals surface area contributed by atoms with Gasteiger partial charge in [-0.3, -0.25) is 4.79 Å². The van der Waals surface area contributed by atoms with Crippen LogP contribution in [0.2, 0.25) is 0 Å². The quantitative estimate of drug-likeness (QED) is 0.0718. The predicted octanol–water partition coefficient (Wildman–Crippen LogP) is 5.86. The van der Waals surface area contributed by atoms with Gasteiger partial charge in [0.25, 0.3) is 0 Å². The number of fused-ring (bicyclic) bond motifs is 2. The van der Waals surface area contributed by atoms with Crippen LogP contribution in [0.25, 0.3) is 28.0 Å². The fourth-order valence-electron chi connectivity index (χ4n) is 7.28. The zero-order valence-electron chi connectivity index (χ0n) is 28.6. The van der Waals surface area contributed by atoms with Crippen molar-refractivity contribution in [3.63, 3.8) is 0 Å². The SMILES string of the molecule is COc1ccc(-c2nn3c(NCCCCNC(=O)CCCCC4SCC5NC(=O)NC54)cccc3c2-c2ccnc(NC3CCCC3)n2)cc1. The molecule has 3 amide bonds. The zero-order chi connectivity index (χ0) is 34.3. The molecule has 3 fully saturated rings. The van der Waals surface area contributed by atoms with Gasteiger partial charge >= 0.3 is 6.03 Å². The van der Waals surface area contributed by atoms with Gasteiger partial charge in [0.2, 0.25) is 11.9 Å². The van der Waals surface area contributed by atoms with E-state index in [0.29, 0.717) is 30.2 Å². The van der Waals surface area contributed by atoms with Crippen LogP contribution in [0, 0.1) is 0 Å². The number of carbonyl (C=O) groups excluding carboxylic acids is 2. The van der Waals surface area contributed by atoms with Crippen LogP contribution in [0.1, 0.15) is 64.2 Å². The minimum atomic E-state index is -0.0503. The number of ether oxygens (including phenoxy) is 1. The van der Waals surface area contributed by atoms with Crippen LogP contribution in [0.15, 0.2) is 54.7 Å². The minimum Gasteiger partial charge on any atom is -0.497 e. The third kappa shape index (κ3) is 7.93. The summed E-state index contributed by atoms with van der Waals surface area (Å²) >= 11 is 1.92. The van der Waals surface area contributed by atoms with Crippen molar-refractivity contribution in [2.24, 2.45) is 0 Å². The van der Waals surface area contributed by atoms with E-state index in [2.05, 4.69) is 37.6 Å². The van der Waals surface area contributed by atoms with E-state index < -0.39 is 0 Å². The fraction of sp³-hybridized carbons (Fsp3) is 0.486. The zero-order valence-corrected chi connectivity index (χ0v) is 29.4. The normalized spacial score (nSPS) is 20.0. The Hall–Kier alpha value is -4.52. The molecule has 3 unspecified atom stereocenters. The van der Waals surface area contributed by atoms with Crippen molar-refractivity contribution >= 4 is 41.0 Å². The number of nitrogens with zero attached hydrogens (tertiary/aromatic N) is 4. The van der Waals surface area contributed by atoms with Crippen LogP contribution in [0.3, 0.4) is 0 Å². The molecule has 1 aromatic carbocycles. The monoisotopic (exact) mass is 697 g/mol. The first-order valence-corrected chi connectivity index (χ1v) is 19.1. The van der Waals surface area contributed by atoms with Crippen molar-refractivity contribution in [3.8, 4) is 28.3 Å². The van der Waals surface area contributed by atoms with Crippen molar-refractivity contribution in [3.05, 3.63) is 54.7 Å². The smallest absolute Gasteiger partial charge is 0.315 e. The molecule has 2 aliphatic heterocycles. The van der Waals surface area contributed by atoms with Gasteiger partial charge in [0, 0.05) is 48.3 Å². The lowest BCUT2D eigenvalue weighted by atomic mass is 10.0. The van der Waals surface area contributed by atoms with Crippen LogP contribution in [-0.4, -0.2) is 80.8 Å². The summed E-state index contributed by atoms with van der Waals surface area (Å²) in [5, 5.41) is 21.8. The Morgan fingerprint density at radius 2 is 1.86 bits per heavy atom. The van der Waals surface area contributed by atoms with Gasteiger partial charge in [0.05, 0.1) is 36.0 Å². The van der Waals surface area contributed by atoms with E-state index in [1.165, 1.54) is 12.8 Å². The lowest BCUT2D eigenvalue weighted by Gasteiger charge is -2.16. The van der Waals surface area contributed by atoms with Crippen LogP contribution in [-0.2, 0) is 4.79 Å². The van der Waals surface area contributed by atoms with Crippen molar-refractivity contribution in [2.75, 3.05) is 36.6 Å². The summed E-state index contributed by atoms with van der Waals surface area (Å²) in [5.41, 5.74) is 4.53. The summed E-state index contributed by atoms with van der Waals surface area (Å²) in [5.74, 6) is 3.41. The predicted molar refractivity (Wildman–Crippen MR) is 199 cm³/mol. The van der Waals surface area contributed by atoms with Crippen molar-refractivity contribution in [1.29, 1.82) is 0 Å². The molecule has 0 radical (unpaired) electrons. The highest BCUT2D eigenvalue weighted by atomic mass is 32.2. The number of thioether (sulfide) groups is 1. The van der Waals surface area contributed by atoms with Crippen LogP contribution >= 0.6 is 11.8 Å². The fourth-order valence-corrected chi connectivity index (χ4v) is 8.83.